The molecular formula is C22H41NO3S. The predicted octanol–water partition coefficient (Wildman–Crippen LogP) is 4.52. The molecule has 4 nitrogen and oxygen atoms in total. The van der Waals surface area contributed by atoms with Gasteiger partial charge in [-0.3, -0.25) is 9.59 Å². The minimum absolute atomic E-state index is 0.167. The smallest absolute Gasteiger partial charge is 0.309 e. The van der Waals surface area contributed by atoms with Crippen LogP contribution in [0.3, 0.4) is 0 Å². The minimum atomic E-state index is -0.243. The third-order valence-corrected chi connectivity index (χ3v) is 7.07. The molecule has 0 aromatic carbocycles. The molecule has 1 saturated heterocycles. The highest BCUT2D eigenvalue weighted by Gasteiger charge is 2.33. The maximum atomic E-state index is 12.9. The van der Waals surface area contributed by atoms with Crippen molar-refractivity contribution in [3.8, 4) is 0 Å². The van der Waals surface area contributed by atoms with E-state index < -0.39 is 0 Å². The van der Waals surface area contributed by atoms with Crippen molar-refractivity contribution < 1.29 is 14.3 Å². The van der Waals surface area contributed by atoms with Crippen molar-refractivity contribution in [3.05, 3.63) is 0 Å². The van der Waals surface area contributed by atoms with E-state index in [0.29, 0.717) is 37.2 Å². The summed E-state index contributed by atoms with van der Waals surface area (Å²) in [7, 11) is 0. The molecule has 0 spiro atoms. The molecule has 0 aromatic heterocycles. The van der Waals surface area contributed by atoms with E-state index >= 15 is 0 Å². The number of cyclic esters (lactones) is 1. The van der Waals surface area contributed by atoms with Crippen molar-refractivity contribution >= 4 is 24.4 Å². The van der Waals surface area contributed by atoms with Crippen LogP contribution in [-0.2, 0) is 14.3 Å². The molecule has 158 valence electrons. The SMILES string of the molecule is CCC(C)C(CCC(C)CS)CNC(C(=O)CC1CCOC1=O)C(C)CC. The number of rotatable bonds is 14. The van der Waals surface area contributed by atoms with Gasteiger partial charge in [0.2, 0.25) is 0 Å². The Balaban J connectivity index is 2.69. The predicted molar refractivity (Wildman–Crippen MR) is 115 cm³/mol. The molecule has 0 radical (unpaired) electrons. The molecule has 5 heteroatoms. The van der Waals surface area contributed by atoms with Gasteiger partial charge in [-0.05, 0) is 55.2 Å². The summed E-state index contributed by atoms with van der Waals surface area (Å²) in [6.45, 7) is 12.4. The lowest BCUT2D eigenvalue weighted by Crippen LogP contribution is -2.45. The molecule has 1 fully saturated rings. The Morgan fingerprint density at radius 2 is 1.85 bits per heavy atom. The summed E-state index contributed by atoms with van der Waals surface area (Å²) < 4.78 is 5.02. The Labute approximate surface area is 172 Å². The van der Waals surface area contributed by atoms with Gasteiger partial charge in [-0.1, -0.05) is 47.5 Å². The van der Waals surface area contributed by atoms with Crippen LogP contribution in [0.5, 0.6) is 0 Å². The maximum absolute atomic E-state index is 12.9. The number of hydrogen-bond acceptors (Lipinski definition) is 5. The lowest BCUT2D eigenvalue weighted by atomic mass is 9.84. The van der Waals surface area contributed by atoms with Crippen LogP contribution in [0.15, 0.2) is 0 Å². The number of Topliss-reactive ketones (excluding diaryl/α,β-unsaturated/α-hetero) is 1. The first kappa shape index (κ1) is 24.5. The minimum Gasteiger partial charge on any atom is -0.465 e. The van der Waals surface area contributed by atoms with Crippen molar-refractivity contribution in [1.29, 1.82) is 0 Å². The summed E-state index contributed by atoms with van der Waals surface area (Å²) in [6, 6.07) is -0.169. The number of ketones is 1. The van der Waals surface area contributed by atoms with Crippen LogP contribution in [0.25, 0.3) is 0 Å². The first-order valence-corrected chi connectivity index (χ1v) is 11.5. The van der Waals surface area contributed by atoms with Crippen LogP contribution in [0.2, 0.25) is 0 Å². The molecule has 0 saturated carbocycles. The largest absolute Gasteiger partial charge is 0.465 e. The molecule has 1 heterocycles. The van der Waals surface area contributed by atoms with Crippen LogP contribution in [0.4, 0.5) is 0 Å². The third kappa shape index (κ3) is 8.15. The maximum Gasteiger partial charge on any atom is 0.309 e. The molecule has 1 rings (SSSR count). The van der Waals surface area contributed by atoms with Gasteiger partial charge in [0.15, 0.2) is 5.78 Å². The Morgan fingerprint density at radius 3 is 2.37 bits per heavy atom. The molecule has 27 heavy (non-hydrogen) atoms. The number of nitrogens with one attached hydrogen (secondary N) is 1. The van der Waals surface area contributed by atoms with Gasteiger partial charge >= 0.3 is 5.97 Å². The summed E-state index contributed by atoms with van der Waals surface area (Å²) in [5, 5.41) is 3.60. The number of carbonyl (C=O) groups excluding carboxylic acids is 2. The Hall–Kier alpha value is -0.550. The van der Waals surface area contributed by atoms with Crippen LogP contribution >= 0.6 is 12.6 Å². The molecule has 0 aliphatic carbocycles. The van der Waals surface area contributed by atoms with Gasteiger partial charge in [0.1, 0.15) is 0 Å². The first-order chi connectivity index (χ1) is 12.8. The molecule has 6 atom stereocenters. The van der Waals surface area contributed by atoms with Gasteiger partial charge in [0.05, 0.1) is 18.6 Å². The van der Waals surface area contributed by atoms with Crippen molar-refractivity contribution in [1.82, 2.24) is 5.32 Å². The number of thiol groups is 1. The molecule has 1 N–H and O–H groups in total. The Bertz CT molecular complexity index is 457. The van der Waals surface area contributed by atoms with E-state index in [9.17, 15) is 9.59 Å². The summed E-state index contributed by atoms with van der Waals surface area (Å²) in [5.74, 6) is 2.72. The fourth-order valence-electron chi connectivity index (χ4n) is 3.75. The van der Waals surface area contributed by atoms with E-state index in [1.807, 2.05) is 0 Å². The monoisotopic (exact) mass is 399 g/mol. The second-order valence-electron chi connectivity index (χ2n) is 8.61. The zero-order valence-electron chi connectivity index (χ0n) is 18.0. The highest BCUT2D eigenvalue weighted by molar-refractivity contribution is 7.80. The topological polar surface area (TPSA) is 55.4 Å². The molecule has 6 unspecified atom stereocenters. The highest BCUT2D eigenvalue weighted by Crippen LogP contribution is 2.25. The lowest BCUT2D eigenvalue weighted by Gasteiger charge is -2.29. The molecule has 1 aliphatic heterocycles. The van der Waals surface area contributed by atoms with Gasteiger partial charge in [-0.15, -0.1) is 0 Å². The number of hydrogen-bond donors (Lipinski definition) is 2. The normalized spacial score (nSPS) is 22.7. The standard InChI is InChI=1S/C22H41NO3S/c1-6-16(4)19(9-8-15(3)14-27)13-23-21(17(5)7-2)20(24)12-18-10-11-26-22(18)25/h15-19,21,23,27H,6-14H2,1-5H3. The molecule has 0 bridgehead atoms. The van der Waals surface area contributed by atoms with E-state index in [1.54, 1.807) is 0 Å². The Morgan fingerprint density at radius 1 is 1.19 bits per heavy atom. The van der Waals surface area contributed by atoms with Crippen molar-refractivity contribution in [3.63, 3.8) is 0 Å². The summed E-state index contributed by atoms with van der Waals surface area (Å²) in [6.07, 6.45) is 5.43. The van der Waals surface area contributed by atoms with Gasteiger partial charge in [0, 0.05) is 6.42 Å². The fraction of sp³-hybridized carbons (Fsp3) is 0.909. The van der Waals surface area contributed by atoms with Crippen LogP contribution < -0.4 is 5.32 Å². The number of carbonyl (C=O) groups is 2. The molecule has 0 aromatic rings. The summed E-state index contributed by atoms with van der Waals surface area (Å²) in [4.78, 5) is 24.7. The lowest BCUT2D eigenvalue weighted by molar-refractivity contribution is -0.143. The van der Waals surface area contributed by atoms with Crippen molar-refractivity contribution in [2.24, 2.45) is 29.6 Å². The molecule has 0 amide bonds. The zero-order chi connectivity index (χ0) is 20.4. The van der Waals surface area contributed by atoms with E-state index in [2.05, 4.69) is 52.6 Å². The van der Waals surface area contributed by atoms with Crippen LogP contribution in [0, 0.1) is 29.6 Å². The molecular weight excluding hydrogens is 358 g/mol. The fourth-order valence-corrected chi connectivity index (χ4v) is 3.93. The third-order valence-electron chi connectivity index (χ3n) is 6.44. The quantitative estimate of drug-likeness (QED) is 0.333. The highest BCUT2D eigenvalue weighted by atomic mass is 32.1. The Kier molecular flexibility index (Phi) is 11.6. The van der Waals surface area contributed by atoms with E-state index in [4.69, 9.17) is 4.74 Å². The molecule has 1 aliphatic rings. The number of esters is 1. The summed E-state index contributed by atoms with van der Waals surface area (Å²) >= 11 is 4.41. The van der Waals surface area contributed by atoms with E-state index in [-0.39, 0.29) is 29.6 Å². The number of ether oxygens (including phenoxy) is 1. The van der Waals surface area contributed by atoms with Gasteiger partial charge in [0.25, 0.3) is 0 Å². The van der Waals surface area contributed by atoms with E-state index in [0.717, 1.165) is 25.1 Å². The second-order valence-corrected chi connectivity index (χ2v) is 8.97. The average molecular weight is 400 g/mol. The summed E-state index contributed by atoms with van der Waals surface area (Å²) in [5.41, 5.74) is 0. The van der Waals surface area contributed by atoms with Gasteiger partial charge in [-0.2, -0.15) is 12.6 Å². The van der Waals surface area contributed by atoms with Crippen LogP contribution in [-0.4, -0.2) is 36.7 Å². The van der Waals surface area contributed by atoms with Gasteiger partial charge in [-0.25, -0.2) is 0 Å². The van der Waals surface area contributed by atoms with Crippen LogP contribution in [0.1, 0.15) is 73.1 Å². The first-order valence-electron chi connectivity index (χ1n) is 10.9. The van der Waals surface area contributed by atoms with Gasteiger partial charge < -0.3 is 10.1 Å². The van der Waals surface area contributed by atoms with Crippen molar-refractivity contribution in [2.45, 2.75) is 79.2 Å². The zero-order valence-corrected chi connectivity index (χ0v) is 18.9. The average Bonchev–Trinajstić information content (AvgIpc) is 3.07. The van der Waals surface area contributed by atoms with Crippen molar-refractivity contribution in [2.75, 3.05) is 18.9 Å². The van der Waals surface area contributed by atoms with E-state index in [1.165, 1.54) is 12.8 Å². The second kappa shape index (κ2) is 12.8.